The quantitative estimate of drug-likeness (QED) is 0.326. The van der Waals surface area contributed by atoms with Crippen molar-refractivity contribution in [3.05, 3.63) is 71.8 Å². The Bertz CT molecular complexity index is 746. The molecule has 3 rings (SSSR count). The minimum Gasteiger partial charge on any atom is -0.381 e. The van der Waals surface area contributed by atoms with E-state index < -0.39 is 0 Å². The van der Waals surface area contributed by atoms with Gasteiger partial charge in [-0.1, -0.05) is 60.7 Å². The average Bonchev–Trinajstić information content (AvgIpc) is 2.84. The molecule has 31 heavy (non-hydrogen) atoms. The number of ether oxygens (including phenoxy) is 2. The first-order valence-corrected chi connectivity index (χ1v) is 11.5. The number of hydrogen-bond donors (Lipinski definition) is 2. The lowest BCUT2D eigenvalue weighted by Crippen LogP contribution is -2.40. The Hall–Kier alpha value is -2.37. The van der Waals surface area contributed by atoms with E-state index in [1.807, 2.05) is 7.05 Å². The Morgan fingerprint density at radius 3 is 2.45 bits per heavy atom. The van der Waals surface area contributed by atoms with Crippen LogP contribution >= 0.6 is 0 Å². The topological polar surface area (TPSA) is 54.9 Å². The van der Waals surface area contributed by atoms with Gasteiger partial charge in [0.05, 0.1) is 0 Å². The van der Waals surface area contributed by atoms with Crippen LogP contribution in [-0.4, -0.2) is 52.5 Å². The molecule has 5 heteroatoms. The van der Waals surface area contributed by atoms with E-state index in [0.29, 0.717) is 11.8 Å². The van der Waals surface area contributed by atoms with Crippen LogP contribution in [0.1, 0.15) is 36.3 Å². The van der Waals surface area contributed by atoms with E-state index in [2.05, 4.69) is 76.3 Å². The molecule has 0 aliphatic carbocycles. The van der Waals surface area contributed by atoms with Gasteiger partial charge in [0.25, 0.3) is 0 Å². The zero-order valence-corrected chi connectivity index (χ0v) is 18.8. The number of aliphatic imine (C=N–C) groups is 1. The van der Waals surface area contributed by atoms with Gasteiger partial charge in [-0.2, -0.15) is 0 Å². The lowest BCUT2D eigenvalue weighted by Gasteiger charge is -2.22. The number of hydrogen-bond acceptors (Lipinski definition) is 3. The summed E-state index contributed by atoms with van der Waals surface area (Å²) in [5.74, 6) is 1.89. The summed E-state index contributed by atoms with van der Waals surface area (Å²) in [6, 6.07) is 21.4. The van der Waals surface area contributed by atoms with E-state index in [1.165, 1.54) is 11.1 Å². The van der Waals surface area contributed by atoms with E-state index in [-0.39, 0.29) is 0 Å². The molecule has 0 saturated carbocycles. The molecule has 0 spiro atoms. The Labute approximate surface area is 187 Å². The number of nitrogens with zero attached hydrogens (tertiary/aromatic N) is 1. The Balaban J connectivity index is 1.39. The predicted octanol–water partition coefficient (Wildman–Crippen LogP) is 4.01. The first-order chi connectivity index (χ1) is 15.3. The van der Waals surface area contributed by atoms with Crippen molar-refractivity contribution in [2.75, 3.05) is 46.6 Å². The van der Waals surface area contributed by atoms with Crippen LogP contribution in [0.2, 0.25) is 0 Å². The monoisotopic (exact) mass is 423 g/mol. The molecule has 2 aromatic rings. The van der Waals surface area contributed by atoms with Crippen molar-refractivity contribution in [2.45, 2.75) is 31.6 Å². The number of nitrogens with one attached hydrogen (secondary N) is 2. The molecule has 5 nitrogen and oxygen atoms in total. The van der Waals surface area contributed by atoms with Gasteiger partial charge in [-0.15, -0.1) is 0 Å². The molecule has 1 aliphatic rings. The molecule has 168 valence electrons. The van der Waals surface area contributed by atoms with Crippen molar-refractivity contribution in [3.8, 4) is 0 Å². The standard InChI is InChI=1S/C26H37N3O2/c1-27-26(28-15-8-16-31-21-23-13-17-30-18-14-23)29-20-25(24-11-6-3-7-12-24)19-22-9-4-2-5-10-22/h2-7,9-12,23,25H,8,13-21H2,1H3,(H2,27,28,29). The van der Waals surface area contributed by atoms with Crippen LogP contribution in [0.25, 0.3) is 0 Å². The molecule has 2 N–H and O–H groups in total. The lowest BCUT2D eigenvalue weighted by molar-refractivity contribution is 0.0203. The molecule has 0 amide bonds. The van der Waals surface area contributed by atoms with Crippen LogP contribution in [0, 0.1) is 5.92 Å². The van der Waals surface area contributed by atoms with Gasteiger partial charge in [-0.3, -0.25) is 4.99 Å². The first-order valence-electron chi connectivity index (χ1n) is 11.5. The second-order valence-electron chi connectivity index (χ2n) is 8.16. The maximum atomic E-state index is 5.86. The van der Waals surface area contributed by atoms with E-state index >= 15 is 0 Å². The van der Waals surface area contributed by atoms with Crippen LogP contribution in [0.3, 0.4) is 0 Å². The minimum absolute atomic E-state index is 0.380. The first kappa shape index (κ1) is 23.3. The zero-order chi connectivity index (χ0) is 21.6. The highest BCUT2D eigenvalue weighted by atomic mass is 16.5. The maximum absolute atomic E-state index is 5.86. The summed E-state index contributed by atoms with van der Waals surface area (Å²) in [5.41, 5.74) is 2.69. The fourth-order valence-electron chi connectivity index (χ4n) is 3.92. The van der Waals surface area contributed by atoms with E-state index in [1.54, 1.807) is 0 Å². The summed E-state index contributed by atoms with van der Waals surface area (Å²) in [7, 11) is 1.83. The van der Waals surface area contributed by atoms with Gasteiger partial charge < -0.3 is 20.1 Å². The number of benzene rings is 2. The molecule has 1 aliphatic heterocycles. The van der Waals surface area contributed by atoms with Crippen molar-refractivity contribution < 1.29 is 9.47 Å². The molecule has 1 heterocycles. The van der Waals surface area contributed by atoms with E-state index in [0.717, 1.165) is 71.2 Å². The summed E-state index contributed by atoms with van der Waals surface area (Å²) in [4.78, 5) is 4.39. The average molecular weight is 424 g/mol. The molecule has 1 saturated heterocycles. The molecule has 1 fully saturated rings. The fraction of sp³-hybridized carbons (Fsp3) is 0.500. The molecule has 0 radical (unpaired) electrons. The molecule has 0 bridgehead atoms. The summed E-state index contributed by atoms with van der Waals surface area (Å²) in [6.07, 6.45) is 4.21. The molecular formula is C26H37N3O2. The summed E-state index contributed by atoms with van der Waals surface area (Å²) >= 11 is 0. The zero-order valence-electron chi connectivity index (χ0n) is 18.8. The van der Waals surface area contributed by atoms with Crippen LogP contribution in [-0.2, 0) is 15.9 Å². The summed E-state index contributed by atoms with van der Waals surface area (Å²) in [6.45, 7) is 5.08. The third kappa shape index (κ3) is 8.72. The molecule has 1 atom stereocenters. The van der Waals surface area contributed by atoms with Gasteiger partial charge in [-0.05, 0) is 42.7 Å². The van der Waals surface area contributed by atoms with E-state index in [9.17, 15) is 0 Å². The van der Waals surface area contributed by atoms with Crippen LogP contribution in [0.15, 0.2) is 65.7 Å². The predicted molar refractivity (Wildman–Crippen MR) is 128 cm³/mol. The molecule has 2 aromatic carbocycles. The third-order valence-electron chi connectivity index (χ3n) is 5.79. The number of guanidine groups is 1. The highest BCUT2D eigenvalue weighted by molar-refractivity contribution is 5.79. The smallest absolute Gasteiger partial charge is 0.190 e. The fourth-order valence-corrected chi connectivity index (χ4v) is 3.92. The SMILES string of the molecule is CN=C(NCCCOCC1CCOCC1)NCC(Cc1ccccc1)c1ccccc1. The second-order valence-corrected chi connectivity index (χ2v) is 8.16. The summed E-state index contributed by atoms with van der Waals surface area (Å²) < 4.78 is 11.3. The second kappa shape index (κ2) is 13.8. The van der Waals surface area contributed by atoms with Gasteiger partial charge in [0, 0.05) is 52.5 Å². The largest absolute Gasteiger partial charge is 0.381 e. The van der Waals surface area contributed by atoms with Crippen molar-refractivity contribution in [2.24, 2.45) is 10.9 Å². The Morgan fingerprint density at radius 1 is 1.03 bits per heavy atom. The van der Waals surface area contributed by atoms with Crippen molar-refractivity contribution in [1.82, 2.24) is 10.6 Å². The third-order valence-corrected chi connectivity index (χ3v) is 5.79. The van der Waals surface area contributed by atoms with Gasteiger partial charge in [0.1, 0.15) is 0 Å². The van der Waals surface area contributed by atoms with Crippen LogP contribution < -0.4 is 10.6 Å². The maximum Gasteiger partial charge on any atom is 0.190 e. The van der Waals surface area contributed by atoms with Gasteiger partial charge in [-0.25, -0.2) is 0 Å². The summed E-state index contributed by atoms with van der Waals surface area (Å²) in [5, 5.41) is 6.93. The van der Waals surface area contributed by atoms with Gasteiger partial charge >= 0.3 is 0 Å². The minimum atomic E-state index is 0.380. The highest BCUT2D eigenvalue weighted by Crippen LogP contribution is 2.20. The van der Waals surface area contributed by atoms with Crippen LogP contribution in [0.4, 0.5) is 0 Å². The normalized spacial score (nSPS) is 16.1. The van der Waals surface area contributed by atoms with Crippen molar-refractivity contribution >= 4 is 5.96 Å². The van der Waals surface area contributed by atoms with Gasteiger partial charge in [0.2, 0.25) is 0 Å². The molecular weight excluding hydrogens is 386 g/mol. The van der Waals surface area contributed by atoms with E-state index in [4.69, 9.17) is 9.47 Å². The molecule has 0 aromatic heterocycles. The lowest BCUT2D eigenvalue weighted by atomic mass is 9.92. The Kier molecular flexibility index (Phi) is 10.4. The van der Waals surface area contributed by atoms with Crippen molar-refractivity contribution in [3.63, 3.8) is 0 Å². The molecule has 1 unspecified atom stereocenters. The number of rotatable bonds is 11. The van der Waals surface area contributed by atoms with Gasteiger partial charge in [0.15, 0.2) is 5.96 Å². The highest BCUT2D eigenvalue weighted by Gasteiger charge is 2.14. The Morgan fingerprint density at radius 2 is 1.74 bits per heavy atom. The van der Waals surface area contributed by atoms with Crippen molar-refractivity contribution in [1.29, 1.82) is 0 Å². The van der Waals surface area contributed by atoms with Crippen LogP contribution in [0.5, 0.6) is 0 Å².